The maximum atomic E-state index is 12.9. The Balaban J connectivity index is 2.00. The zero-order chi connectivity index (χ0) is 14.5. The minimum Gasteiger partial charge on any atom is -0.342 e. The third kappa shape index (κ3) is 1.99. The minimum atomic E-state index is -0.768. The summed E-state index contributed by atoms with van der Waals surface area (Å²) in [4.78, 5) is 26.6. The van der Waals surface area contributed by atoms with Gasteiger partial charge in [-0.2, -0.15) is 5.10 Å². The summed E-state index contributed by atoms with van der Waals surface area (Å²) in [5.41, 5.74) is 0.852. The van der Waals surface area contributed by atoms with E-state index in [0.29, 0.717) is 13.0 Å². The molecule has 6 nitrogen and oxygen atoms in total. The lowest BCUT2D eigenvalue weighted by atomic mass is 9.94. The first-order valence-electron chi connectivity index (χ1n) is 7.05. The molecule has 1 N–H and O–H groups in total. The Morgan fingerprint density at radius 2 is 2.10 bits per heavy atom. The van der Waals surface area contributed by atoms with Gasteiger partial charge in [-0.25, -0.2) is 0 Å². The molecule has 20 heavy (non-hydrogen) atoms. The highest BCUT2D eigenvalue weighted by molar-refractivity contribution is 6.04. The molecule has 108 valence electrons. The van der Waals surface area contributed by atoms with Crippen molar-refractivity contribution in [3.05, 3.63) is 11.9 Å². The van der Waals surface area contributed by atoms with Crippen molar-refractivity contribution >= 4 is 17.5 Å². The molecule has 1 aromatic rings. The van der Waals surface area contributed by atoms with Crippen molar-refractivity contribution in [3.63, 3.8) is 0 Å². The van der Waals surface area contributed by atoms with Gasteiger partial charge in [0.2, 0.25) is 5.91 Å². The minimum absolute atomic E-state index is 0.0121. The molecule has 0 radical (unpaired) electrons. The van der Waals surface area contributed by atoms with E-state index in [1.54, 1.807) is 9.58 Å². The van der Waals surface area contributed by atoms with Crippen LogP contribution in [-0.2, 0) is 16.6 Å². The lowest BCUT2D eigenvalue weighted by Gasteiger charge is -2.32. The highest BCUT2D eigenvalue weighted by Crippen LogP contribution is 2.42. The number of nitrogens with one attached hydrogen (secondary N) is 1. The smallest absolute Gasteiger partial charge is 0.252 e. The molecule has 1 atom stereocenters. The average Bonchev–Trinajstić information content (AvgIpc) is 3.16. The van der Waals surface area contributed by atoms with Crippen molar-refractivity contribution in [3.8, 4) is 0 Å². The SMILES string of the molecule is Cc1nn(C)cc1N1CCC(=O)NC(C)(C2CC2)C1=O. The molecule has 2 fully saturated rings. The summed E-state index contributed by atoms with van der Waals surface area (Å²) in [5.74, 6) is 0.204. The molecule has 2 amide bonds. The van der Waals surface area contributed by atoms with Gasteiger partial charge in [0.05, 0.1) is 11.4 Å². The van der Waals surface area contributed by atoms with Gasteiger partial charge in [-0.05, 0) is 32.6 Å². The second-order valence-corrected chi connectivity index (χ2v) is 6.01. The molecular weight excluding hydrogens is 256 g/mol. The fourth-order valence-electron chi connectivity index (χ4n) is 3.02. The van der Waals surface area contributed by atoms with E-state index < -0.39 is 5.54 Å². The fraction of sp³-hybridized carbons (Fsp3) is 0.643. The summed E-state index contributed by atoms with van der Waals surface area (Å²) in [6.45, 7) is 4.16. The van der Waals surface area contributed by atoms with Crippen LogP contribution in [0.3, 0.4) is 0 Å². The lowest BCUT2D eigenvalue weighted by Crippen LogP contribution is -2.57. The first-order valence-corrected chi connectivity index (χ1v) is 7.05. The Hall–Kier alpha value is -1.85. The van der Waals surface area contributed by atoms with Crippen LogP contribution < -0.4 is 10.2 Å². The van der Waals surface area contributed by atoms with Crippen molar-refractivity contribution in [2.24, 2.45) is 13.0 Å². The van der Waals surface area contributed by atoms with E-state index in [0.717, 1.165) is 24.2 Å². The first kappa shape index (κ1) is 13.1. The van der Waals surface area contributed by atoms with Gasteiger partial charge in [-0.15, -0.1) is 0 Å². The molecule has 1 saturated carbocycles. The van der Waals surface area contributed by atoms with Crippen LogP contribution in [0.1, 0.15) is 31.9 Å². The van der Waals surface area contributed by atoms with Crippen LogP contribution in [0.2, 0.25) is 0 Å². The van der Waals surface area contributed by atoms with Gasteiger partial charge in [0, 0.05) is 26.2 Å². The van der Waals surface area contributed by atoms with Crippen molar-refractivity contribution in [1.29, 1.82) is 0 Å². The largest absolute Gasteiger partial charge is 0.342 e. The third-order valence-electron chi connectivity index (χ3n) is 4.32. The maximum Gasteiger partial charge on any atom is 0.252 e. The predicted octanol–water partition coefficient (Wildman–Crippen LogP) is 0.750. The van der Waals surface area contributed by atoms with Crippen LogP contribution in [0.15, 0.2) is 6.20 Å². The van der Waals surface area contributed by atoms with Gasteiger partial charge >= 0.3 is 0 Å². The van der Waals surface area contributed by atoms with Crippen molar-refractivity contribution in [2.45, 2.75) is 38.6 Å². The average molecular weight is 276 g/mol. The van der Waals surface area contributed by atoms with Crippen LogP contribution >= 0.6 is 0 Å². The molecule has 2 heterocycles. The maximum absolute atomic E-state index is 12.9. The highest BCUT2D eigenvalue weighted by Gasteiger charge is 2.51. The number of carbonyl (C=O) groups is 2. The Morgan fingerprint density at radius 3 is 2.65 bits per heavy atom. The third-order valence-corrected chi connectivity index (χ3v) is 4.32. The highest BCUT2D eigenvalue weighted by atomic mass is 16.2. The van der Waals surface area contributed by atoms with Crippen LogP contribution in [0.25, 0.3) is 0 Å². The molecule has 0 bridgehead atoms. The number of aromatic nitrogens is 2. The van der Waals surface area contributed by atoms with Gasteiger partial charge in [0.15, 0.2) is 0 Å². The molecule has 1 unspecified atom stereocenters. The van der Waals surface area contributed by atoms with E-state index in [2.05, 4.69) is 10.4 Å². The number of nitrogens with zero attached hydrogens (tertiary/aromatic N) is 3. The summed E-state index contributed by atoms with van der Waals surface area (Å²) >= 11 is 0. The molecule has 1 aliphatic carbocycles. The van der Waals surface area contributed by atoms with E-state index in [-0.39, 0.29) is 17.7 Å². The number of carbonyl (C=O) groups excluding carboxylic acids is 2. The number of rotatable bonds is 2. The first-order chi connectivity index (χ1) is 9.41. The van der Waals surface area contributed by atoms with E-state index in [4.69, 9.17) is 0 Å². The summed E-state index contributed by atoms with van der Waals surface area (Å²) in [7, 11) is 1.84. The Labute approximate surface area is 118 Å². The summed E-state index contributed by atoms with van der Waals surface area (Å²) in [6.07, 6.45) is 4.18. The zero-order valence-corrected chi connectivity index (χ0v) is 12.1. The molecule has 0 spiro atoms. The number of anilines is 1. The molecule has 1 aliphatic heterocycles. The van der Waals surface area contributed by atoms with Crippen molar-refractivity contribution in [1.82, 2.24) is 15.1 Å². The monoisotopic (exact) mass is 276 g/mol. The number of aryl methyl sites for hydroxylation is 2. The van der Waals surface area contributed by atoms with Crippen molar-refractivity contribution in [2.75, 3.05) is 11.4 Å². The zero-order valence-electron chi connectivity index (χ0n) is 12.1. The standard InChI is InChI=1S/C14H20N4O2/c1-9-11(8-17(3)16-9)18-7-6-12(19)15-14(2,13(18)20)10-4-5-10/h8,10H,4-7H2,1-3H3,(H,15,19). The van der Waals surface area contributed by atoms with Crippen LogP contribution in [0.4, 0.5) is 5.69 Å². The van der Waals surface area contributed by atoms with Gasteiger partial charge in [0.25, 0.3) is 5.91 Å². The summed E-state index contributed by atoms with van der Waals surface area (Å²) in [6, 6.07) is 0. The fourth-order valence-corrected chi connectivity index (χ4v) is 3.02. The Bertz CT molecular complexity index is 576. The van der Waals surface area contributed by atoms with Crippen LogP contribution in [0, 0.1) is 12.8 Å². The van der Waals surface area contributed by atoms with E-state index in [1.807, 2.05) is 27.1 Å². The molecule has 1 saturated heterocycles. The van der Waals surface area contributed by atoms with E-state index in [9.17, 15) is 9.59 Å². The molecule has 6 heteroatoms. The van der Waals surface area contributed by atoms with Crippen LogP contribution in [0.5, 0.6) is 0 Å². The van der Waals surface area contributed by atoms with Gasteiger partial charge in [0.1, 0.15) is 5.54 Å². The second-order valence-electron chi connectivity index (χ2n) is 6.01. The lowest BCUT2D eigenvalue weighted by molar-refractivity contribution is -0.130. The molecule has 1 aromatic heterocycles. The molecule has 0 aromatic carbocycles. The van der Waals surface area contributed by atoms with E-state index >= 15 is 0 Å². The Kier molecular flexibility index (Phi) is 2.84. The number of amides is 2. The van der Waals surface area contributed by atoms with Crippen LogP contribution in [-0.4, -0.2) is 33.7 Å². The quantitative estimate of drug-likeness (QED) is 0.866. The van der Waals surface area contributed by atoms with E-state index in [1.165, 1.54) is 0 Å². The normalized spacial score (nSPS) is 27.4. The molecule has 2 aliphatic rings. The molecule has 3 rings (SSSR count). The molecular formula is C14H20N4O2. The van der Waals surface area contributed by atoms with Gasteiger partial charge in [-0.3, -0.25) is 14.3 Å². The van der Waals surface area contributed by atoms with Gasteiger partial charge < -0.3 is 10.2 Å². The predicted molar refractivity (Wildman–Crippen MR) is 74.2 cm³/mol. The van der Waals surface area contributed by atoms with Gasteiger partial charge in [-0.1, -0.05) is 0 Å². The number of hydrogen-bond donors (Lipinski definition) is 1. The summed E-state index contributed by atoms with van der Waals surface area (Å²) < 4.78 is 1.70. The Morgan fingerprint density at radius 1 is 1.40 bits per heavy atom. The number of hydrogen-bond acceptors (Lipinski definition) is 3. The summed E-state index contributed by atoms with van der Waals surface area (Å²) in [5, 5.41) is 7.23. The van der Waals surface area contributed by atoms with Crippen molar-refractivity contribution < 1.29 is 9.59 Å². The topological polar surface area (TPSA) is 67.2 Å². The second kappa shape index (κ2) is 4.33.